The highest BCUT2D eigenvalue weighted by Crippen LogP contribution is 2.24. The molecular formula is C22H25N3O4. The summed E-state index contributed by atoms with van der Waals surface area (Å²) in [5.74, 6) is 1.16. The Balaban J connectivity index is 1.93. The lowest BCUT2D eigenvalue weighted by molar-refractivity contribution is 0.0945. The van der Waals surface area contributed by atoms with Gasteiger partial charge < -0.3 is 14.8 Å². The Morgan fingerprint density at radius 3 is 2.48 bits per heavy atom. The lowest BCUT2D eigenvalue weighted by Crippen LogP contribution is -2.31. The van der Waals surface area contributed by atoms with Gasteiger partial charge in [0.25, 0.3) is 11.5 Å². The highest BCUT2D eigenvalue weighted by atomic mass is 16.5. The summed E-state index contributed by atoms with van der Waals surface area (Å²) in [6.45, 7) is 4.69. The zero-order valence-electron chi connectivity index (χ0n) is 17.1. The highest BCUT2D eigenvalue weighted by molar-refractivity contribution is 6.04. The van der Waals surface area contributed by atoms with E-state index in [-0.39, 0.29) is 29.6 Å². The van der Waals surface area contributed by atoms with Crippen LogP contribution in [0.5, 0.6) is 11.5 Å². The van der Waals surface area contributed by atoms with Gasteiger partial charge >= 0.3 is 0 Å². The number of amides is 1. The van der Waals surface area contributed by atoms with Crippen molar-refractivity contribution in [3.05, 3.63) is 64.1 Å². The van der Waals surface area contributed by atoms with E-state index in [1.165, 1.54) is 4.68 Å². The Bertz CT molecular complexity index is 1090. The van der Waals surface area contributed by atoms with Crippen molar-refractivity contribution in [1.82, 2.24) is 15.1 Å². The number of nitrogens with zero attached hydrogens (tertiary/aromatic N) is 2. The molecular weight excluding hydrogens is 370 g/mol. The molecule has 29 heavy (non-hydrogen) atoms. The second-order valence-electron chi connectivity index (χ2n) is 7.14. The molecule has 1 aromatic heterocycles. The van der Waals surface area contributed by atoms with Crippen LogP contribution in [0.4, 0.5) is 0 Å². The van der Waals surface area contributed by atoms with Crippen LogP contribution in [-0.4, -0.2) is 29.9 Å². The summed E-state index contributed by atoms with van der Waals surface area (Å²) in [6.07, 6.45) is 0. The number of aromatic nitrogens is 2. The number of carbonyl (C=O) groups excluding carboxylic acids is 1. The van der Waals surface area contributed by atoms with Gasteiger partial charge in [0.1, 0.15) is 11.5 Å². The van der Waals surface area contributed by atoms with Crippen LogP contribution in [0, 0.1) is 5.92 Å². The number of ether oxygens (including phenoxy) is 2. The predicted molar refractivity (Wildman–Crippen MR) is 112 cm³/mol. The number of fused-ring (bicyclic) bond motifs is 1. The minimum Gasteiger partial charge on any atom is -0.497 e. The molecule has 0 atom stereocenters. The summed E-state index contributed by atoms with van der Waals surface area (Å²) in [5, 5.41) is 8.27. The number of hydrogen-bond donors (Lipinski definition) is 1. The van der Waals surface area contributed by atoms with Crippen molar-refractivity contribution in [2.24, 2.45) is 5.92 Å². The molecule has 3 aromatic rings. The first-order valence-corrected chi connectivity index (χ1v) is 9.43. The predicted octanol–water partition coefficient (Wildman–Crippen LogP) is 3.00. The van der Waals surface area contributed by atoms with Gasteiger partial charge in [-0.15, -0.1) is 0 Å². The molecule has 0 aliphatic carbocycles. The van der Waals surface area contributed by atoms with Gasteiger partial charge in [-0.2, -0.15) is 5.10 Å². The number of nitrogens with one attached hydrogen (secondary N) is 1. The smallest absolute Gasteiger partial charge is 0.274 e. The van der Waals surface area contributed by atoms with Gasteiger partial charge in [-0.1, -0.05) is 32.0 Å². The fourth-order valence-electron chi connectivity index (χ4n) is 3.13. The third-order valence-corrected chi connectivity index (χ3v) is 4.55. The third kappa shape index (κ3) is 4.39. The molecule has 0 saturated carbocycles. The maximum Gasteiger partial charge on any atom is 0.274 e. The standard InChI is InChI=1S/C22H25N3O4/c1-14(2)13-25-22(27)18-8-6-5-7-17(18)20(24-25)21(26)23-12-15-9-10-16(28-3)11-19(15)29-4/h5-11,14H,12-13H2,1-4H3,(H,23,26). The Hall–Kier alpha value is -3.35. The van der Waals surface area contributed by atoms with Crippen molar-refractivity contribution in [1.29, 1.82) is 0 Å². The normalized spacial score (nSPS) is 10.9. The van der Waals surface area contributed by atoms with Crippen molar-refractivity contribution in [2.75, 3.05) is 14.2 Å². The minimum atomic E-state index is -0.350. The van der Waals surface area contributed by atoms with Gasteiger partial charge in [0.2, 0.25) is 0 Å². The maximum absolute atomic E-state index is 12.9. The lowest BCUT2D eigenvalue weighted by atomic mass is 10.1. The monoisotopic (exact) mass is 395 g/mol. The van der Waals surface area contributed by atoms with E-state index >= 15 is 0 Å². The van der Waals surface area contributed by atoms with E-state index in [0.717, 1.165) is 5.56 Å². The van der Waals surface area contributed by atoms with Gasteiger partial charge in [0.15, 0.2) is 5.69 Å². The highest BCUT2D eigenvalue weighted by Gasteiger charge is 2.17. The average molecular weight is 395 g/mol. The van der Waals surface area contributed by atoms with E-state index in [1.807, 2.05) is 19.9 Å². The third-order valence-electron chi connectivity index (χ3n) is 4.55. The van der Waals surface area contributed by atoms with Gasteiger partial charge in [-0.05, 0) is 24.1 Å². The first-order chi connectivity index (χ1) is 13.9. The molecule has 0 aliphatic rings. The summed E-state index contributed by atoms with van der Waals surface area (Å²) < 4.78 is 12.0. The van der Waals surface area contributed by atoms with E-state index < -0.39 is 0 Å². The molecule has 1 amide bonds. The van der Waals surface area contributed by atoms with Crippen LogP contribution in [0.2, 0.25) is 0 Å². The minimum absolute atomic E-state index is 0.192. The van der Waals surface area contributed by atoms with Gasteiger partial charge in [-0.25, -0.2) is 4.68 Å². The maximum atomic E-state index is 12.9. The molecule has 7 heteroatoms. The van der Waals surface area contributed by atoms with Crippen molar-refractivity contribution in [3.63, 3.8) is 0 Å². The molecule has 0 fully saturated rings. The Labute approximate surface area is 169 Å². The second kappa shape index (κ2) is 8.77. The van der Waals surface area contributed by atoms with E-state index in [2.05, 4.69) is 10.4 Å². The number of carbonyl (C=O) groups is 1. The van der Waals surface area contributed by atoms with Crippen molar-refractivity contribution in [3.8, 4) is 11.5 Å². The molecule has 2 aromatic carbocycles. The van der Waals surface area contributed by atoms with Crippen LogP contribution in [-0.2, 0) is 13.1 Å². The molecule has 1 heterocycles. The summed E-state index contributed by atoms with van der Waals surface area (Å²) in [4.78, 5) is 25.7. The largest absolute Gasteiger partial charge is 0.497 e. The number of methoxy groups -OCH3 is 2. The summed E-state index contributed by atoms with van der Waals surface area (Å²) in [6, 6.07) is 12.4. The number of hydrogen-bond acceptors (Lipinski definition) is 5. The van der Waals surface area contributed by atoms with Gasteiger partial charge in [0.05, 0.1) is 19.6 Å². The van der Waals surface area contributed by atoms with E-state index in [4.69, 9.17) is 9.47 Å². The van der Waals surface area contributed by atoms with Gasteiger partial charge in [0, 0.05) is 30.1 Å². The molecule has 152 valence electrons. The van der Waals surface area contributed by atoms with E-state index in [9.17, 15) is 9.59 Å². The molecule has 1 N–H and O–H groups in total. The SMILES string of the molecule is COc1ccc(CNC(=O)c2nn(CC(C)C)c(=O)c3ccccc23)c(OC)c1. The molecule has 7 nitrogen and oxygen atoms in total. The number of benzene rings is 2. The Morgan fingerprint density at radius 2 is 1.83 bits per heavy atom. The molecule has 3 rings (SSSR count). The first-order valence-electron chi connectivity index (χ1n) is 9.43. The van der Waals surface area contributed by atoms with Crippen molar-refractivity contribution in [2.45, 2.75) is 26.9 Å². The molecule has 0 saturated heterocycles. The zero-order valence-corrected chi connectivity index (χ0v) is 17.1. The molecule has 0 radical (unpaired) electrons. The van der Waals surface area contributed by atoms with E-state index in [1.54, 1.807) is 50.6 Å². The van der Waals surface area contributed by atoms with Crippen LogP contribution in [0.3, 0.4) is 0 Å². The summed E-state index contributed by atoms with van der Waals surface area (Å²) in [7, 11) is 3.15. The molecule has 0 spiro atoms. The van der Waals surface area contributed by atoms with E-state index in [0.29, 0.717) is 28.8 Å². The molecule has 0 aliphatic heterocycles. The van der Waals surface area contributed by atoms with Crippen molar-refractivity contribution < 1.29 is 14.3 Å². The lowest BCUT2D eigenvalue weighted by Gasteiger charge is -2.14. The summed E-state index contributed by atoms with van der Waals surface area (Å²) in [5.41, 5.74) is 0.845. The average Bonchev–Trinajstić information content (AvgIpc) is 2.73. The van der Waals surface area contributed by atoms with Gasteiger partial charge in [-0.3, -0.25) is 9.59 Å². The molecule has 0 unspecified atom stereocenters. The zero-order chi connectivity index (χ0) is 21.0. The Kier molecular flexibility index (Phi) is 6.16. The summed E-state index contributed by atoms with van der Waals surface area (Å²) >= 11 is 0. The van der Waals surface area contributed by atoms with Crippen LogP contribution in [0.25, 0.3) is 10.8 Å². The first kappa shape index (κ1) is 20.4. The van der Waals surface area contributed by atoms with Crippen molar-refractivity contribution >= 4 is 16.7 Å². The second-order valence-corrected chi connectivity index (χ2v) is 7.14. The van der Waals surface area contributed by atoms with Crippen LogP contribution in [0.15, 0.2) is 47.3 Å². The number of rotatable bonds is 7. The van der Waals surface area contributed by atoms with Crippen LogP contribution < -0.4 is 20.3 Å². The fraction of sp³-hybridized carbons (Fsp3) is 0.318. The molecule has 0 bridgehead atoms. The fourth-order valence-corrected chi connectivity index (χ4v) is 3.13. The van der Waals surface area contributed by atoms with Crippen LogP contribution in [0.1, 0.15) is 29.9 Å². The Morgan fingerprint density at radius 1 is 1.10 bits per heavy atom. The quantitative estimate of drug-likeness (QED) is 0.665. The van der Waals surface area contributed by atoms with Crippen LogP contribution >= 0.6 is 0 Å². The topological polar surface area (TPSA) is 82.5 Å².